The number of nitrogens with zero attached hydrogens (tertiary/aromatic N) is 3. The van der Waals surface area contributed by atoms with Crippen molar-refractivity contribution in [2.45, 2.75) is 0 Å². The van der Waals surface area contributed by atoms with Gasteiger partial charge in [0, 0.05) is 12.4 Å². The molecule has 1 atom stereocenters. The first-order valence-electron chi connectivity index (χ1n) is 2.89. The molecule has 2 rings (SSSR count). The van der Waals surface area contributed by atoms with Gasteiger partial charge in [-0.25, -0.2) is 15.0 Å². The maximum atomic E-state index is 5.53. The lowest BCUT2D eigenvalue weighted by atomic mass is 10.1. The SMILES string of the molecule is ClC1=NC2=NC=C[C@H]2C=N1. The predicted octanol–water partition coefficient (Wildman–Crippen LogP) is 1.21. The van der Waals surface area contributed by atoms with Gasteiger partial charge >= 0.3 is 0 Å². The summed E-state index contributed by atoms with van der Waals surface area (Å²) >= 11 is 5.53. The van der Waals surface area contributed by atoms with Crippen LogP contribution in [0.3, 0.4) is 0 Å². The first-order valence-corrected chi connectivity index (χ1v) is 3.27. The van der Waals surface area contributed by atoms with Crippen molar-refractivity contribution in [3.05, 3.63) is 12.3 Å². The van der Waals surface area contributed by atoms with Crippen LogP contribution >= 0.6 is 11.6 Å². The lowest BCUT2D eigenvalue weighted by molar-refractivity contribution is 1.22. The van der Waals surface area contributed by atoms with Crippen LogP contribution in [0.5, 0.6) is 0 Å². The zero-order chi connectivity index (χ0) is 6.97. The quantitative estimate of drug-likeness (QED) is 0.469. The molecule has 0 bridgehead atoms. The maximum Gasteiger partial charge on any atom is 0.223 e. The number of hydrogen-bond donors (Lipinski definition) is 0. The van der Waals surface area contributed by atoms with E-state index in [4.69, 9.17) is 11.6 Å². The average molecular weight is 154 g/mol. The van der Waals surface area contributed by atoms with Gasteiger partial charge in [0.1, 0.15) is 5.84 Å². The number of amidine groups is 2. The van der Waals surface area contributed by atoms with Crippen LogP contribution in [-0.4, -0.2) is 17.3 Å². The summed E-state index contributed by atoms with van der Waals surface area (Å²) in [4.78, 5) is 11.7. The first kappa shape index (κ1) is 5.80. The van der Waals surface area contributed by atoms with Gasteiger partial charge in [-0.05, 0) is 11.6 Å². The molecule has 0 amide bonds. The van der Waals surface area contributed by atoms with E-state index in [0.717, 1.165) is 5.84 Å². The Morgan fingerprint density at radius 2 is 2.40 bits per heavy atom. The molecule has 0 aliphatic carbocycles. The zero-order valence-electron chi connectivity index (χ0n) is 5.03. The molecule has 0 aromatic carbocycles. The van der Waals surface area contributed by atoms with Crippen LogP contribution in [0.15, 0.2) is 27.3 Å². The van der Waals surface area contributed by atoms with Crippen LogP contribution in [0.1, 0.15) is 0 Å². The van der Waals surface area contributed by atoms with Crippen LogP contribution in [0.25, 0.3) is 0 Å². The topological polar surface area (TPSA) is 37.1 Å². The molecule has 0 fully saturated rings. The zero-order valence-corrected chi connectivity index (χ0v) is 5.78. The van der Waals surface area contributed by atoms with Crippen LogP contribution in [0.4, 0.5) is 0 Å². The van der Waals surface area contributed by atoms with Crippen molar-refractivity contribution in [3.8, 4) is 0 Å². The van der Waals surface area contributed by atoms with E-state index in [1.54, 1.807) is 12.4 Å². The summed E-state index contributed by atoms with van der Waals surface area (Å²) in [5, 5.41) is 0.263. The van der Waals surface area contributed by atoms with Crippen molar-refractivity contribution >= 4 is 28.9 Å². The molecule has 0 saturated heterocycles. The molecule has 10 heavy (non-hydrogen) atoms. The number of rotatable bonds is 0. The summed E-state index contributed by atoms with van der Waals surface area (Å²) in [6.45, 7) is 0. The van der Waals surface area contributed by atoms with Gasteiger partial charge in [0.15, 0.2) is 0 Å². The monoisotopic (exact) mass is 153 g/mol. The van der Waals surface area contributed by atoms with E-state index >= 15 is 0 Å². The highest BCUT2D eigenvalue weighted by atomic mass is 35.5. The fraction of sp³-hybridized carbons (Fsp3) is 0.167. The molecule has 3 nitrogen and oxygen atoms in total. The Kier molecular flexibility index (Phi) is 1.17. The van der Waals surface area contributed by atoms with Crippen molar-refractivity contribution in [2.75, 3.05) is 0 Å². The molecule has 2 aliphatic rings. The summed E-state index contributed by atoms with van der Waals surface area (Å²) in [6, 6.07) is 0. The lowest BCUT2D eigenvalue weighted by Crippen LogP contribution is -2.13. The largest absolute Gasteiger partial charge is 0.241 e. The molecule has 50 valence electrons. The number of aliphatic imine (C=N–C) groups is 3. The minimum Gasteiger partial charge on any atom is -0.241 e. The van der Waals surface area contributed by atoms with Gasteiger partial charge in [0.25, 0.3) is 0 Å². The summed E-state index contributed by atoms with van der Waals surface area (Å²) in [5.41, 5.74) is 0. The van der Waals surface area contributed by atoms with Crippen LogP contribution in [0.2, 0.25) is 0 Å². The first-order chi connectivity index (χ1) is 4.86. The van der Waals surface area contributed by atoms with Crippen molar-refractivity contribution in [3.63, 3.8) is 0 Å². The van der Waals surface area contributed by atoms with Gasteiger partial charge in [-0.3, -0.25) is 0 Å². The maximum absolute atomic E-state index is 5.53. The molecule has 0 saturated carbocycles. The summed E-state index contributed by atoms with van der Waals surface area (Å²) in [6.07, 6.45) is 5.37. The third-order valence-corrected chi connectivity index (χ3v) is 1.53. The van der Waals surface area contributed by atoms with Gasteiger partial charge < -0.3 is 0 Å². The van der Waals surface area contributed by atoms with Crippen LogP contribution in [-0.2, 0) is 0 Å². The van der Waals surface area contributed by atoms with E-state index in [9.17, 15) is 0 Å². The fourth-order valence-electron chi connectivity index (χ4n) is 0.869. The Bertz CT molecular complexity index is 275. The molecular formula is C6H4ClN3. The van der Waals surface area contributed by atoms with Gasteiger partial charge in [-0.1, -0.05) is 6.08 Å². The summed E-state index contributed by atoms with van der Waals surface area (Å²) < 4.78 is 0. The van der Waals surface area contributed by atoms with Crippen LogP contribution < -0.4 is 0 Å². The Labute approximate surface area is 62.9 Å². The second-order valence-electron chi connectivity index (χ2n) is 2.01. The Morgan fingerprint density at radius 1 is 1.50 bits per heavy atom. The van der Waals surface area contributed by atoms with Crippen LogP contribution in [0, 0.1) is 5.92 Å². The van der Waals surface area contributed by atoms with Crippen molar-refractivity contribution in [1.82, 2.24) is 0 Å². The minimum absolute atomic E-state index is 0.155. The van der Waals surface area contributed by atoms with E-state index in [1.807, 2.05) is 6.08 Å². The average Bonchev–Trinajstić information content (AvgIpc) is 2.33. The van der Waals surface area contributed by atoms with Crippen molar-refractivity contribution in [2.24, 2.45) is 20.9 Å². The number of fused-ring (bicyclic) bond motifs is 1. The van der Waals surface area contributed by atoms with E-state index in [0.29, 0.717) is 0 Å². The van der Waals surface area contributed by atoms with E-state index in [1.165, 1.54) is 0 Å². The lowest BCUT2D eigenvalue weighted by Gasteiger charge is -2.04. The minimum atomic E-state index is 0.155. The third-order valence-electron chi connectivity index (χ3n) is 1.35. The van der Waals surface area contributed by atoms with E-state index < -0.39 is 0 Å². The fourth-order valence-corrected chi connectivity index (χ4v) is 1.01. The number of hydrogen-bond acceptors (Lipinski definition) is 3. The molecule has 0 aromatic rings. The second kappa shape index (κ2) is 2.02. The van der Waals surface area contributed by atoms with Gasteiger partial charge in [-0.2, -0.15) is 0 Å². The van der Waals surface area contributed by atoms with Gasteiger partial charge in [-0.15, -0.1) is 0 Å². The molecular weight excluding hydrogens is 150 g/mol. The Hall–Kier alpha value is -0.960. The molecule has 2 aliphatic heterocycles. The van der Waals surface area contributed by atoms with E-state index in [-0.39, 0.29) is 11.2 Å². The molecule has 4 heteroatoms. The Balaban J connectivity index is 2.39. The molecule has 2 heterocycles. The van der Waals surface area contributed by atoms with Gasteiger partial charge in [0.05, 0.1) is 5.92 Å². The molecule has 0 aromatic heterocycles. The smallest absolute Gasteiger partial charge is 0.223 e. The number of halogens is 1. The summed E-state index contributed by atoms with van der Waals surface area (Å²) in [5.74, 6) is 0.891. The van der Waals surface area contributed by atoms with Gasteiger partial charge in [0.2, 0.25) is 5.29 Å². The standard InChI is InChI=1S/C6H4ClN3/c7-6-9-3-4-1-2-8-5(4)10-6/h1-4H/t4-/m0/s1. The summed E-state index contributed by atoms with van der Waals surface area (Å²) in [7, 11) is 0. The second-order valence-corrected chi connectivity index (χ2v) is 2.35. The van der Waals surface area contributed by atoms with E-state index in [2.05, 4.69) is 15.0 Å². The molecule has 0 unspecified atom stereocenters. The van der Waals surface area contributed by atoms with Crippen molar-refractivity contribution in [1.29, 1.82) is 0 Å². The Morgan fingerprint density at radius 3 is 3.30 bits per heavy atom. The normalized spacial score (nSPS) is 27.9. The molecule has 0 radical (unpaired) electrons. The third kappa shape index (κ3) is 0.789. The molecule has 0 spiro atoms. The predicted molar refractivity (Wildman–Crippen MR) is 41.8 cm³/mol. The van der Waals surface area contributed by atoms with Crippen molar-refractivity contribution < 1.29 is 0 Å². The molecule has 0 N–H and O–H groups in total. The highest BCUT2D eigenvalue weighted by Gasteiger charge is 2.17. The highest BCUT2D eigenvalue weighted by Crippen LogP contribution is 2.13. The highest BCUT2D eigenvalue weighted by molar-refractivity contribution is 6.66.